The average molecular weight is 171 g/mol. The Bertz CT molecular complexity index is 185. The summed E-state index contributed by atoms with van der Waals surface area (Å²) >= 11 is 0. The van der Waals surface area contributed by atoms with E-state index in [0.717, 1.165) is 12.8 Å². The molecule has 0 atom stereocenters. The van der Waals surface area contributed by atoms with Crippen molar-refractivity contribution in [1.29, 1.82) is 5.41 Å². The Labute approximate surface area is 71.0 Å². The lowest BCUT2D eigenvalue weighted by Gasteiger charge is -2.07. The zero-order chi connectivity index (χ0) is 8.97. The number of hydrogen-bond acceptors (Lipinski definition) is 3. The summed E-state index contributed by atoms with van der Waals surface area (Å²) in [6.45, 7) is 0. The molecule has 1 rings (SSSR count). The highest BCUT2D eigenvalue weighted by Crippen LogP contribution is 2.27. The van der Waals surface area contributed by atoms with E-state index in [4.69, 9.17) is 10.5 Å². The first kappa shape index (κ1) is 9.03. The molecule has 68 valence electrons. The van der Waals surface area contributed by atoms with Gasteiger partial charge >= 0.3 is 6.16 Å². The number of ether oxygens (including phenoxy) is 1. The van der Waals surface area contributed by atoms with E-state index >= 15 is 0 Å². The molecule has 0 heterocycles. The van der Waals surface area contributed by atoms with E-state index in [-0.39, 0.29) is 5.90 Å². The first-order valence-electron chi connectivity index (χ1n) is 4.16. The van der Waals surface area contributed by atoms with Crippen LogP contribution in [-0.2, 0) is 4.74 Å². The van der Waals surface area contributed by atoms with Crippen LogP contribution in [0.5, 0.6) is 0 Å². The minimum absolute atomic E-state index is 0.116. The van der Waals surface area contributed by atoms with Gasteiger partial charge in [0.15, 0.2) is 5.90 Å². The Balaban J connectivity index is 2.20. The largest absolute Gasteiger partial charge is 0.512 e. The van der Waals surface area contributed by atoms with Crippen molar-refractivity contribution in [3.63, 3.8) is 0 Å². The molecule has 1 saturated carbocycles. The van der Waals surface area contributed by atoms with Crippen molar-refractivity contribution in [1.82, 2.24) is 0 Å². The molecule has 0 bridgehead atoms. The molecule has 12 heavy (non-hydrogen) atoms. The Kier molecular flexibility index (Phi) is 3.08. The minimum Gasteiger partial charge on any atom is -0.449 e. The van der Waals surface area contributed by atoms with Crippen molar-refractivity contribution in [2.45, 2.75) is 32.1 Å². The van der Waals surface area contributed by atoms with Gasteiger partial charge in [-0.15, -0.1) is 0 Å². The number of nitrogens with one attached hydrogen (secondary N) is 1. The van der Waals surface area contributed by atoms with E-state index in [2.05, 4.69) is 4.74 Å². The second kappa shape index (κ2) is 4.09. The molecule has 0 aliphatic heterocycles. The number of carbonyl (C=O) groups is 1. The van der Waals surface area contributed by atoms with Crippen LogP contribution in [0, 0.1) is 11.3 Å². The highest BCUT2D eigenvalue weighted by atomic mass is 16.7. The van der Waals surface area contributed by atoms with Crippen molar-refractivity contribution in [3.8, 4) is 0 Å². The number of hydrogen-bond donors (Lipinski definition) is 2. The molecular formula is C8H13NO3. The fourth-order valence-electron chi connectivity index (χ4n) is 1.62. The van der Waals surface area contributed by atoms with Gasteiger partial charge in [0.2, 0.25) is 0 Å². The zero-order valence-corrected chi connectivity index (χ0v) is 6.88. The summed E-state index contributed by atoms with van der Waals surface area (Å²) in [6.07, 6.45) is 3.71. The van der Waals surface area contributed by atoms with Gasteiger partial charge in [0, 0.05) is 6.42 Å². The summed E-state index contributed by atoms with van der Waals surface area (Å²) in [5.41, 5.74) is 0. The van der Waals surface area contributed by atoms with Crippen molar-refractivity contribution >= 4 is 12.1 Å². The van der Waals surface area contributed by atoms with Gasteiger partial charge in [0.05, 0.1) is 0 Å². The lowest BCUT2D eigenvalue weighted by Crippen LogP contribution is -2.12. The van der Waals surface area contributed by atoms with Crippen LogP contribution in [0.15, 0.2) is 0 Å². The van der Waals surface area contributed by atoms with Crippen LogP contribution in [0.4, 0.5) is 4.79 Å². The SMILES string of the molecule is N=C(CC1CCCC1)OC(=O)O. The smallest absolute Gasteiger partial charge is 0.449 e. The molecule has 0 radical (unpaired) electrons. The van der Waals surface area contributed by atoms with E-state index in [1.54, 1.807) is 0 Å². The fraction of sp³-hybridized carbons (Fsp3) is 0.750. The Morgan fingerprint density at radius 2 is 2.08 bits per heavy atom. The van der Waals surface area contributed by atoms with E-state index < -0.39 is 6.16 Å². The maximum absolute atomic E-state index is 10.0. The van der Waals surface area contributed by atoms with Crippen LogP contribution in [0.3, 0.4) is 0 Å². The summed E-state index contributed by atoms with van der Waals surface area (Å²) in [4.78, 5) is 10.0. The van der Waals surface area contributed by atoms with Crippen molar-refractivity contribution in [2.75, 3.05) is 0 Å². The first-order valence-corrected chi connectivity index (χ1v) is 4.16. The van der Waals surface area contributed by atoms with E-state index in [9.17, 15) is 4.79 Å². The molecule has 4 heteroatoms. The molecule has 2 N–H and O–H groups in total. The quantitative estimate of drug-likeness (QED) is 0.380. The third-order valence-electron chi connectivity index (χ3n) is 2.16. The summed E-state index contributed by atoms with van der Waals surface area (Å²) in [6, 6.07) is 0. The fourth-order valence-corrected chi connectivity index (χ4v) is 1.62. The van der Waals surface area contributed by atoms with Gasteiger partial charge in [-0.05, 0) is 18.8 Å². The van der Waals surface area contributed by atoms with Crippen LogP contribution in [-0.4, -0.2) is 17.2 Å². The van der Waals surface area contributed by atoms with Crippen molar-refractivity contribution in [2.24, 2.45) is 5.92 Å². The zero-order valence-electron chi connectivity index (χ0n) is 6.88. The van der Waals surface area contributed by atoms with Crippen LogP contribution < -0.4 is 0 Å². The summed E-state index contributed by atoms with van der Waals surface area (Å²) in [7, 11) is 0. The lowest BCUT2D eigenvalue weighted by molar-refractivity contribution is 0.138. The first-order chi connectivity index (χ1) is 5.68. The summed E-state index contributed by atoms with van der Waals surface area (Å²) < 4.78 is 4.21. The molecule has 0 spiro atoms. The predicted molar refractivity (Wildman–Crippen MR) is 43.4 cm³/mol. The molecule has 0 amide bonds. The average Bonchev–Trinajstić information content (AvgIpc) is 2.37. The molecule has 4 nitrogen and oxygen atoms in total. The summed E-state index contributed by atoms with van der Waals surface area (Å²) in [5, 5.41) is 15.4. The maximum Gasteiger partial charge on any atom is 0.512 e. The predicted octanol–water partition coefficient (Wildman–Crippen LogP) is 2.24. The normalized spacial score (nSPS) is 17.7. The molecular weight excluding hydrogens is 158 g/mol. The van der Waals surface area contributed by atoms with Gasteiger partial charge in [-0.25, -0.2) is 4.79 Å². The van der Waals surface area contributed by atoms with Crippen LogP contribution in [0.2, 0.25) is 0 Å². The van der Waals surface area contributed by atoms with Gasteiger partial charge in [0.1, 0.15) is 0 Å². The minimum atomic E-state index is -1.38. The molecule has 1 fully saturated rings. The third-order valence-corrected chi connectivity index (χ3v) is 2.16. The standard InChI is InChI=1S/C8H13NO3/c9-7(12-8(10)11)5-6-3-1-2-4-6/h6,9H,1-5H2,(H,10,11). The maximum atomic E-state index is 10.0. The molecule has 0 aromatic heterocycles. The van der Waals surface area contributed by atoms with Gasteiger partial charge in [-0.2, -0.15) is 0 Å². The van der Waals surface area contributed by atoms with Gasteiger partial charge in [-0.1, -0.05) is 12.8 Å². The molecule has 0 saturated heterocycles. The van der Waals surface area contributed by atoms with Gasteiger partial charge in [0.25, 0.3) is 0 Å². The monoisotopic (exact) mass is 171 g/mol. The topological polar surface area (TPSA) is 70.4 Å². The second-order valence-corrected chi connectivity index (χ2v) is 3.15. The van der Waals surface area contributed by atoms with Crippen molar-refractivity contribution < 1.29 is 14.6 Å². The molecule has 0 unspecified atom stereocenters. The number of carboxylic acid groups (broad SMARTS) is 1. The number of rotatable bonds is 2. The highest BCUT2D eigenvalue weighted by Gasteiger charge is 2.18. The van der Waals surface area contributed by atoms with E-state index in [0.29, 0.717) is 12.3 Å². The van der Waals surface area contributed by atoms with Crippen LogP contribution in [0.1, 0.15) is 32.1 Å². The second-order valence-electron chi connectivity index (χ2n) is 3.15. The molecule has 1 aliphatic carbocycles. The summed E-state index contributed by atoms with van der Waals surface area (Å²) in [5.74, 6) is 0.353. The van der Waals surface area contributed by atoms with E-state index in [1.807, 2.05) is 0 Å². The Hall–Kier alpha value is -1.06. The van der Waals surface area contributed by atoms with Gasteiger partial charge < -0.3 is 9.84 Å². The molecule has 0 aromatic carbocycles. The molecule has 1 aliphatic rings. The lowest BCUT2D eigenvalue weighted by atomic mass is 10.0. The third kappa shape index (κ3) is 2.90. The van der Waals surface area contributed by atoms with Gasteiger partial charge in [-0.3, -0.25) is 5.41 Å². The van der Waals surface area contributed by atoms with Crippen LogP contribution >= 0.6 is 0 Å². The molecule has 0 aromatic rings. The van der Waals surface area contributed by atoms with E-state index in [1.165, 1.54) is 12.8 Å². The Morgan fingerprint density at radius 1 is 1.50 bits per heavy atom. The Morgan fingerprint density at radius 3 is 2.58 bits per heavy atom. The van der Waals surface area contributed by atoms with Crippen LogP contribution in [0.25, 0.3) is 0 Å². The highest BCUT2D eigenvalue weighted by molar-refractivity contribution is 5.83. The van der Waals surface area contributed by atoms with Crippen molar-refractivity contribution in [3.05, 3.63) is 0 Å².